The van der Waals surface area contributed by atoms with Gasteiger partial charge in [-0.05, 0) is 72.2 Å². The van der Waals surface area contributed by atoms with Crippen molar-refractivity contribution >= 4 is 68.1 Å². The van der Waals surface area contributed by atoms with Crippen molar-refractivity contribution in [3.05, 3.63) is 108 Å². The van der Waals surface area contributed by atoms with Crippen LogP contribution in [-0.2, 0) is 16.2 Å². The lowest BCUT2D eigenvalue weighted by atomic mass is 9.68. The first-order chi connectivity index (χ1) is 20.4. The van der Waals surface area contributed by atoms with Crippen molar-refractivity contribution in [3.8, 4) is 5.75 Å². The minimum absolute atomic E-state index is 0.0331. The van der Waals surface area contributed by atoms with Crippen molar-refractivity contribution in [2.24, 2.45) is 29.6 Å². The number of thiazole rings is 1. The van der Waals surface area contributed by atoms with Crippen molar-refractivity contribution < 1.29 is 14.3 Å². The fraction of sp³-hybridized carbons (Fsp3) is 0.281. The maximum Gasteiger partial charge on any atom is 0.305 e. The molecular formula is C32H24BrClN2O4S2. The first-order valence-electron chi connectivity index (χ1n) is 13.9. The van der Waals surface area contributed by atoms with E-state index in [-0.39, 0.29) is 57.4 Å². The molecule has 6 nitrogen and oxygen atoms in total. The number of imide groups is 1. The van der Waals surface area contributed by atoms with Crippen molar-refractivity contribution in [1.82, 2.24) is 4.98 Å². The molecule has 1 saturated heterocycles. The van der Waals surface area contributed by atoms with Gasteiger partial charge in [-0.2, -0.15) is 0 Å². The molecular weight excluding hydrogens is 656 g/mol. The molecule has 3 fully saturated rings. The van der Waals surface area contributed by atoms with Gasteiger partial charge in [-0.1, -0.05) is 69.2 Å². The Morgan fingerprint density at radius 1 is 0.952 bits per heavy atom. The molecule has 42 heavy (non-hydrogen) atoms. The Morgan fingerprint density at radius 3 is 2.50 bits per heavy atom. The standard InChI is InChI=1S/C32H24BrClN2O4S2/c33-16-8-10-18(11-9-16)36-30(37)25-20-13-21(26(25)31(36)38)27-24(20)23(28-29(41-27)35-32(39)42-28)19-6-1-2-7-22(19)40-14-15-4-3-5-17(34)12-15/h1-12,20-21,23-27H,13-14H2,(H,35,39)/t20-,21-,23?,24?,25?,26?,27?/m1/s1. The van der Waals surface area contributed by atoms with Crippen LogP contribution in [0.5, 0.6) is 5.75 Å². The SMILES string of the molecule is O=C1C2C(C(=O)N1c1ccc(Br)cc1)[C@@H]1C[C@H]2C2Sc3[nH]c(=O)sc3C(c3ccccc3OCc3cccc(Cl)c3)C21. The summed E-state index contributed by atoms with van der Waals surface area (Å²) in [5.74, 6) is -0.0512. The zero-order valence-electron chi connectivity index (χ0n) is 22.0. The van der Waals surface area contributed by atoms with E-state index in [4.69, 9.17) is 16.3 Å². The number of halogens is 2. The highest BCUT2D eigenvalue weighted by Crippen LogP contribution is 2.69. The van der Waals surface area contributed by atoms with Gasteiger partial charge in [0.15, 0.2) is 0 Å². The zero-order valence-corrected chi connectivity index (χ0v) is 26.0. The number of aromatic amines is 1. The number of thioether (sulfide) groups is 1. The van der Waals surface area contributed by atoms with Gasteiger partial charge in [0.05, 0.1) is 22.5 Å². The van der Waals surface area contributed by atoms with E-state index in [1.807, 2.05) is 66.7 Å². The smallest absolute Gasteiger partial charge is 0.305 e. The predicted octanol–water partition coefficient (Wildman–Crippen LogP) is 7.11. The van der Waals surface area contributed by atoms with E-state index in [1.54, 1.807) is 11.8 Å². The Bertz CT molecular complexity index is 1810. The Hall–Kier alpha value is -2.85. The van der Waals surface area contributed by atoms with E-state index >= 15 is 0 Å². The van der Waals surface area contributed by atoms with Gasteiger partial charge in [0.2, 0.25) is 11.8 Å². The largest absolute Gasteiger partial charge is 0.489 e. The molecule has 0 spiro atoms. The first-order valence-corrected chi connectivity index (χ1v) is 16.7. The summed E-state index contributed by atoms with van der Waals surface area (Å²) in [6, 6.07) is 23.0. The summed E-state index contributed by atoms with van der Waals surface area (Å²) < 4.78 is 7.30. The van der Waals surface area contributed by atoms with Crippen molar-refractivity contribution in [2.75, 3.05) is 4.90 Å². The summed E-state index contributed by atoms with van der Waals surface area (Å²) in [7, 11) is 0. The number of rotatable bonds is 5. The number of anilines is 1. The second-order valence-corrected chi connectivity index (χ2v) is 15.0. The van der Waals surface area contributed by atoms with Crippen molar-refractivity contribution in [3.63, 3.8) is 0 Å². The molecule has 4 aliphatic rings. The average Bonchev–Trinajstić information content (AvgIpc) is 3.72. The van der Waals surface area contributed by atoms with Crippen LogP contribution in [0.1, 0.15) is 28.3 Å². The number of nitrogens with one attached hydrogen (secondary N) is 1. The minimum atomic E-state index is -0.354. The van der Waals surface area contributed by atoms with E-state index in [9.17, 15) is 14.4 Å². The number of H-pyrrole nitrogens is 1. The summed E-state index contributed by atoms with van der Waals surface area (Å²) in [5, 5.41) is 1.65. The molecule has 2 bridgehead atoms. The van der Waals surface area contributed by atoms with Gasteiger partial charge in [-0.3, -0.25) is 19.3 Å². The van der Waals surface area contributed by atoms with E-state index < -0.39 is 0 Å². The number of hydrogen-bond donors (Lipinski definition) is 1. The molecule has 10 heteroatoms. The zero-order chi connectivity index (χ0) is 28.7. The Morgan fingerprint density at radius 2 is 1.71 bits per heavy atom. The summed E-state index contributed by atoms with van der Waals surface area (Å²) >= 11 is 12.6. The molecule has 4 aromatic rings. The van der Waals surface area contributed by atoms with Gasteiger partial charge >= 0.3 is 4.87 Å². The number of para-hydroxylation sites is 1. The van der Waals surface area contributed by atoms with Gasteiger partial charge in [-0.25, -0.2) is 0 Å². The molecule has 3 heterocycles. The number of carbonyl (C=O) groups is 2. The summed E-state index contributed by atoms with van der Waals surface area (Å²) in [6.45, 7) is 0.356. The van der Waals surface area contributed by atoms with E-state index in [0.717, 1.165) is 37.7 Å². The number of fused-ring (bicyclic) bond motifs is 9. The van der Waals surface area contributed by atoms with Crippen molar-refractivity contribution in [2.45, 2.75) is 29.2 Å². The lowest BCUT2D eigenvalue weighted by molar-refractivity contribution is -0.123. The van der Waals surface area contributed by atoms with Crippen LogP contribution >= 0.6 is 50.6 Å². The summed E-state index contributed by atoms with van der Waals surface area (Å²) in [4.78, 5) is 45.9. The number of carbonyl (C=O) groups excluding carboxylic acids is 2. The molecule has 0 radical (unpaired) electrons. The minimum Gasteiger partial charge on any atom is -0.489 e. The van der Waals surface area contributed by atoms with Crippen LogP contribution in [0.3, 0.4) is 0 Å². The second kappa shape index (κ2) is 10.1. The predicted molar refractivity (Wildman–Crippen MR) is 167 cm³/mol. The molecule has 1 aromatic heterocycles. The quantitative estimate of drug-likeness (QED) is 0.228. The van der Waals surface area contributed by atoms with Crippen LogP contribution < -0.4 is 14.5 Å². The van der Waals surface area contributed by atoms with Gasteiger partial charge in [0, 0.05) is 31.1 Å². The number of amides is 2. The molecule has 5 unspecified atom stereocenters. The highest BCUT2D eigenvalue weighted by Gasteiger charge is 2.69. The monoisotopic (exact) mass is 678 g/mol. The first kappa shape index (κ1) is 26.8. The molecule has 2 saturated carbocycles. The molecule has 212 valence electrons. The van der Waals surface area contributed by atoms with E-state index in [0.29, 0.717) is 17.3 Å². The Balaban J connectivity index is 1.18. The topological polar surface area (TPSA) is 79.5 Å². The second-order valence-electron chi connectivity index (χ2n) is 11.4. The van der Waals surface area contributed by atoms with E-state index in [2.05, 4.69) is 27.0 Å². The highest BCUT2D eigenvalue weighted by molar-refractivity contribution is 9.10. The molecule has 2 aliphatic heterocycles. The lowest BCUT2D eigenvalue weighted by Gasteiger charge is -2.43. The molecule has 8 rings (SSSR count). The summed E-state index contributed by atoms with van der Waals surface area (Å²) in [5.41, 5.74) is 2.60. The number of ether oxygens (including phenoxy) is 1. The lowest BCUT2D eigenvalue weighted by Crippen LogP contribution is -2.42. The maximum absolute atomic E-state index is 14.0. The van der Waals surface area contributed by atoms with Crippen LogP contribution in [0.25, 0.3) is 0 Å². The molecule has 7 atom stereocenters. The van der Waals surface area contributed by atoms with Gasteiger partial charge in [-0.15, -0.1) is 11.8 Å². The Labute approximate surface area is 263 Å². The third-order valence-electron chi connectivity index (χ3n) is 9.35. The normalized spacial score (nSPS) is 29.0. The highest BCUT2D eigenvalue weighted by atomic mass is 79.9. The van der Waals surface area contributed by atoms with Crippen LogP contribution in [0.2, 0.25) is 5.02 Å². The van der Waals surface area contributed by atoms with Gasteiger partial charge in [0.25, 0.3) is 0 Å². The number of nitrogens with zero attached hydrogens (tertiary/aromatic N) is 1. The van der Waals surface area contributed by atoms with Crippen LogP contribution in [0, 0.1) is 29.6 Å². The molecule has 2 aliphatic carbocycles. The van der Waals surface area contributed by atoms with Crippen LogP contribution in [0.4, 0.5) is 5.69 Å². The fourth-order valence-electron chi connectivity index (χ4n) is 7.87. The molecule has 3 aromatic carbocycles. The van der Waals surface area contributed by atoms with Crippen LogP contribution in [-0.4, -0.2) is 22.0 Å². The number of aromatic nitrogens is 1. The average molecular weight is 680 g/mol. The van der Waals surface area contributed by atoms with Crippen LogP contribution in [0.15, 0.2) is 87.1 Å². The van der Waals surface area contributed by atoms with Gasteiger partial charge in [0.1, 0.15) is 12.4 Å². The number of hydrogen-bond acceptors (Lipinski definition) is 6. The Kier molecular flexibility index (Phi) is 6.44. The van der Waals surface area contributed by atoms with Crippen molar-refractivity contribution in [1.29, 1.82) is 0 Å². The molecule has 2 amide bonds. The summed E-state index contributed by atoms with van der Waals surface area (Å²) in [6.07, 6.45) is 0.838. The number of benzene rings is 3. The third-order valence-corrected chi connectivity index (χ3v) is 12.7. The fourth-order valence-corrected chi connectivity index (χ4v) is 11.2. The van der Waals surface area contributed by atoms with E-state index in [1.165, 1.54) is 16.2 Å². The van der Waals surface area contributed by atoms with Gasteiger partial charge < -0.3 is 9.72 Å². The third kappa shape index (κ3) is 4.08. The molecule has 1 N–H and O–H groups in total. The maximum atomic E-state index is 14.0.